The molecule has 0 aliphatic rings. The molecular weight excluding hydrogens is 377 g/mol. The van der Waals surface area contributed by atoms with Gasteiger partial charge in [-0.3, -0.25) is 0 Å². The van der Waals surface area contributed by atoms with Crippen LogP contribution in [0.5, 0.6) is 5.75 Å². The van der Waals surface area contributed by atoms with Crippen molar-refractivity contribution in [3.05, 3.63) is 40.0 Å². The molecule has 1 aromatic carbocycles. The zero-order valence-corrected chi connectivity index (χ0v) is 14.9. The summed E-state index contributed by atoms with van der Waals surface area (Å²) in [6, 6.07) is 2.23. The molecule has 25 heavy (non-hydrogen) atoms. The van der Waals surface area contributed by atoms with Gasteiger partial charge in [0.2, 0.25) is 0 Å². The summed E-state index contributed by atoms with van der Waals surface area (Å²) in [6.07, 6.45) is -0.371. The number of esters is 1. The Morgan fingerprint density at radius 3 is 2.68 bits per heavy atom. The van der Waals surface area contributed by atoms with Crippen LogP contribution in [0.2, 0.25) is 10.0 Å². The monoisotopic (exact) mass is 390 g/mol. The normalized spacial score (nSPS) is 11.9. The van der Waals surface area contributed by atoms with Gasteiger partial charge in [-0.05, 0) is 26.0 Å². The average Bonchev–Trinajstić information content (AvgIpc) is 2.55. The Morgan fingerprint density at radius 2 is 2.04 bits per heavy atom. The van der Waals surface area contributed by atoms with Gasteiger partial charge in [-0.15, -0.1) is 0 Å². The second kappa shape index (κ2) is 8.40. The van der Waals surface area contributed by atoms with Gasteiger partial charge in [-0.25, -0.2) is 23.5 Å². The SMILES string of the molecule is CCOC(=O)COc1cc(-c2ncnc(C(C)F)c2Cl)c(F)cc1Cl. The molecule has 2 rings (SSSR count). The third kappa shape index (κ3) is 4.55. The highest BCUT2D eigenvalue weighted by molar-refractivity contribution is 6.34. The van der Waals surface area contributed by atoms with Crippen molar-refractivity contribution in [3.8, 4) is 17.0 Å². The number of nitrogens with zero attached hydrogens (tertiary/aromatic N) is 2. The van der Waals surface area contributed by atoms with Gasteiger partial charge in [-0.1, -0.05) is 23.2 Å². The van der Waals surface area contributed by atoms with Crippen molar-refractivity contribution in [2.75, 3.05) is 13.2 Å². The van der Waals surface area contributed by atoms with Crippen LogP contribution in [-0.2, 0) is 9.53 Å². The molecule has 1 unspecified atom stereocenters. The van der Waals surface area contributed by atoms with E-state index in [1.54, 1.807) is 6.92 Å². The number of halogens is 4. The molecule has 0 amide bonds. The lowest BCUT2D eigenvalue weighted by molar-refractivity contribution is -0.145. The van der Waals surface area contributed by atoms with Crippen LogP contribution in [0, 0.1) is 5.82 Å². The van der Waals surface area contributed by atoms with E-state index in [1.807, 2.05) is 0 Å². The largest absolute Gasteiger partial charge is 0.480 e. The van der Waals surface area contributed by atoms with Gasteiger partial charge in [0.1, 0.15) is 24.1 Å². The molecule has 1 aromatic heterocycles. The first kappa shape index (κ1) is 19.3. The molecule has 0 saturated carbocycles. The number of benzene rings is 1. The van der Waals surface area contributed by atoms with E-state index in [0.717, 1.165) is 12.4 Å². The summed E-state index contributed by atoms with van der Waals surface area (Å²) in [6.45, 7) is 2.71. The lowest BCUT2D eigenvalue weighted by Crippen LogP contribution is -2.14. The number of aromatic nitrogens is 2. The molecular formula is C16H14Cl2F2N2O3. The Kier molecular flexibility index (Phi) is 6.50. The fraction of sp³-hybridized carbons (Fsp3) is 0.312. The minimum absolute atomic E-state index is 0.00804. The van der Waals surface area contributed by atoms with Gasteiger partial charge >= 0.3 is 5.97 Å². The highest BCUT2D eigenvalue weighted by Crippen LogP contribution is 2.37. The molecule has 5 nitrogen and oxygen atoms in total. The van der Waals surface area contributed by atoms with Crippen LogP contribution in [0.3, 0.4) is 0 Å². The molecule has 0 spiro atoms. The summed E-state index contributed by atoms with van der Waals surface area (Å²) in [4.78, 5) is 19.0. The number of rotatable bonds is 6. The zero-order valence-electron chi connectivity index (χ0n) is 13.4. The summed E-state index contributed by atoms with van der Waals surface area (Å²) in [7, 11) is 0. The van der Waals surface area contributed by atoms with Crippen LogP contribution in [0.15, 0.2) is 18.5 Å². The molecule has 0 bridgehead atoms. The molecule has 9 heteroatoms. The average molecular weight is 391 g/mol. The van der Waals surface area contributed by atoms with Crippen molar-refractivity contribution in [3.63, 3.8) is 0 Å². The summed E-state index contributed by atoms with van der Waals surface area (Å²) >= 11 is 12.0. The van der Waals surface area contributed by atoms with E-state index in [9.17, 15) is 13.6 Å². The maximum Gasteiger partial charge on any atom is 0.344 e. The predicted octanol–water partition coefficient (Wildman–Crippen LogP) is 4.56. The van der Waals surface area contributed by atoms with Gasteiger partial charge in [0.25, 0.3) is 0 Å². The van der Waals surface area contributed by atoms with Crippen molar-refractivity contribution in [2.45, 2.75) is 20.0 Å². The Hall–Kier alpha value is -1.99. The first-order chi connectivity index (χ1) is 11.8. The van der Waals surface area contributed by atoms with Crippen LogP contribution >= 0.6 is 23.2 Å². The molecule has 0 aliphatic carbocycles. The standard InChI is InChI=1S/C16H14Cl2F2N2O3/c1-3-24-13(23)6-25-12-4-9(11(20)5-10(12)17)16-14(18)15(8(2)19)21-7-22-16/h4-5,7-8H,3,6H2,1-2H3. The van der Waals surface area contributed by atoms with Crippen LogP contribution < -0.4 is 4.74 Å². The summed E-state index contributed by atoms with van der Waals surface area (Å²) in [5, 5.41) is -0.162. The highest BCUT2D eigenvalue weighted by Gasteiger charge is 2.20. The molecule has 0 N–H and O–H groups in total. The molecule has 1 heterocycles. The second-order valence-electron chi connectivity index (χ2n) is 4.89. The fourth-order valence-corrected chi connectivity index (χ4v) is 2.56. The Bertz CT molecular complexity index is 788. The molecule has 2 aromatic rings. The number of hydrogen-bond donors (Lipinski definition) is 0. The van der Waals surface area contributed by atoms with E-state index in [-0.39, 0.29) is 39.4 Å². The third-order valence-corrected chi connectivity index (χ3v) is 3.79. The van der Waals surface area contributed by atoms with Crippen molar-refractivity contribution < 1.29 is 23.0 Å². The first-order valence-electron chi connectivity index (χ1n) is 7.27. The van der Waals surface area contributed by atoms with E-state index in [4.69, 9.17) is 32.7 Å². The van der Waals surface area contributed by atoms with Gasteiger partial charge < -0.3 is 9.47 Å². The fourth-order valence-electron chi connectivity index (χ4n) is 2.01. The van der Waals surface area contributed by atoms with E-state index < -0.39 is 24.6 Å². The second-order valence-corrected chi connectivity index (χ2v) is 5.68. The number of ether oxygens (including phenoxy) is 2. The van der Waals surface area contributed by atoms with E-state index >= 15 is 0 Å². The number of carbonyl (C=O) groups excluding carboxylic acids is 1. The smallest absolute Gasteiger partial charge is 0.344 e. The summed E-state index contributed by atoms with van der Waals surface area (Å²) < 4.78 is 37.8. The molecule has 0 aliphatic heterocycles. The number of alkyl halides is 1. The van der Waals surface area contributed by atoms with Crippen LogP contribution in [0.1, 0.15) is 25.7 Å². The lowest BCUT2D eigenvalue weighted by Gasteiger charge is -2.12. The third-order valence-electron chi connectivity index (χ3n) is 3.12. The number of carbonyl (C=O) groups is 1. The van der Waals surface area contributed by atoms with Gasteiger partial charge in [-0.2, -0.15) is 0 Å². The minimum Gasteiger partial charge on any atom is -0.480 e. The van der Waals surface area contributed by atoms with Crippen LogP contribution in [-0.4, -0.2) is 29.2 Å². The topological polar surface area (TPSA) is 61.3 Å². The summed E-state index contributed by atoms with van der Waals surface area (Å²) in [5.41, 5.74) is -0.126. The predicted molar refractivity (Wildman–Crippen MR) is 89.1 cm³/mol. The van der Waals surface area contributed by atoms with E-state index in [2.05, 4.69) is 9.97 Å². The number of hydrogen-bond acceptors (Lipinski definition) is 5. The maximum atomic E-state index is 14.3. The summed E-state index contributed by atoms with van der Waals surface area (Å²) in [5.74, 6) is -1.29. The Morgan fingerprint density at radius 1 is 1.32 bits per heavy atom. The Balaban J connectivity index is 2.41. The molecule has 0 saturated heterocycles. The molecule has 0 radical (unpaired) electrons. The first-order valence-corrected chi connectivity index (χ1v) is 8.03. The lowest BCUT2D eigenvalue weighted by atomic mass is 10.1. The van der Waals surface area contributed by atoms with Crippen LogP contribution in [0.25, 0.3) is 11.3 Å². The van der Waals surface area contributed by atoms with Gasteiger partial charge in [0, 0.05) is 5.56 Å². The molecule has 1 atom stereocenters. The van der Waals surface area contributed by atoms with Gasteiger partial charge in [0.15, 0.2) is 6.61 Å². The quantitative estimate of drug-likeness (QED) is 0.676. The van der Waals surface area contributed by atoms with Gasteiger partial charge in [0.05, 0.1) is 28.0 Å². The van der Waals surface area contributed by atoms with Crippen molar-refractivity contribution in [1.29, 1.82) is 0 Å². The van der Waals surface area contributed by atoms with Crippen molar-refractivity contribution >= 4 is 29.2 Å². The van der Waals surface area contributed by atoms with Crippen molar-refractivity contribution in [2.24, 2.45) is 0 Å². The minimum atomic E-state index is -1.45. The maximum absolute atomic E-state index is 14.3. The van der Waals surface area contributed by atoms with E-state index in [1.165, 1.54) is 13.0 Å². The molecule has 134 valence electrons. The van der Waals surface area contributed by atoms with Crippen molar-refractivity contribution in [1.82, 2.24) is 9.97 Å². The molecule has 0 fully saturated rings. The highest BCUT2D eigenvalue weighted by atomic mass is 35.5. The Labute approximate surface area is 152 Å². The van der Waals surface area contributed by atoms with Crippen LogP contribution in [0.4, 0.5) is 8.78 Å². The zero-order chi connectivity index (χ0) is 18.6. The van der Waals surface area contributed by atoms with E-state index in [0.29, 0.717) is 0 Å².